The number of aliphatic hydroxyl groups excluding tert-OH is 1. The van der Waals surface area contributed by atoms with E-state index in [1.807, 2.05) is 18.2 Å². The van der Waals surface area contributed by atoms with Crippen LogP contribution in [0.1, 0.15) is 18.5 Å². The summed E-state index contributed by atoms with van der Waals surface area (Å²) in [7, 11) is 1.53. The molecule has 0 saturated carbocycles. The van der Waals surface area contributed by atoms with Gasteiger partial charge in [0.15, 0.2) is 0 Å². The molecule has 20 heavy (non-hydrogen) atoms. The predicted octanol–water partition coefficient (Wildman–Crippen LogP) is 1.64. The molecule has 0 aliphatic heterocycles. The van der Waals surface area contributed by atoms with Crippen molar-refractivity contribution in [3.63, 3.8) is 0 Å². The van der Waals surface area contributed by atoms with Crippen molar-refractivity contribution in [1.82, 2.24) is 4.90 Å². The molecular formula is C14H22F2N2O2. The predicted molar refractivity (Wildman–Crippen MR) is 74.0 cm³/mol. The van der Waals surface area contributed by atoms with Gasteiger partial charge in [-0.1, -0.05) is 18.2 Å². The molecule has 0 aromatic heterocycles. The van der Waals surface area contributed by atoms with Crippen LogP contribution in [0.5, 0.6) is 5.75 Å². The van der Waals surface area contributed by atoms with Crippen LogP contribution in [0.15, 0.2) is 24.3 Å². The SMILES string of the molecule is COc1ccccc1C(C(C)N)N(CCO)CC(F)F. The van der Waals surface area contributed by atoms with E-state index in [2.05, 4.69) is 0 Å². The van der Waals surface area contributed by atoms with Crippen LogP contribution in [-0.2, 0) is 0 Å². The molecule has 0 aliphatic rings. The minimum atomic E-state index is -2.49. The third-order valence-corrected chi connectivity index (χ3v) is 3.11. The third-order valence-electron chi connectivity index (χ3n) is 3.11. The van der Waals surface area contributed by atoms with Gasteiger partial charge in [0.25, 0.3) is 6.43 Å². The molecule has 3 N–H and O–H groups in total. The van der Waals surface area contributed by atoms with E-state index in [1.165, 1.54) is 12.0 Å². The maximum Gasteiger partial charge on any atom is 0.251 e. The van der Waals surface area contributed by atoms with Gasteiger partial charge >= 0.3 is 0 Å². The minimum Gasteiger partial charge on any atom is -0.496 e. The van der Waals surface area contributed by atoms with E-state index in [4.69, 9.17) is 15.6 Å². The molecule has 0 fully saturated rings. The van der Waals surface area contributed by atoms with Crippen molar-refractivity contribution in [1.29, 1.82) is 0 Å². The van der Waals surface area contributed by atoms with Crippen molar-refractivity contribution in [2.75, 3.05) is 26.8 Å². The highest BCUT2D eigenvalue weighted by molar-refractivity contribution is 5.36. The fraction of sp³-hybridized carbons (Fsp3) is 0.571. The Hall–Kier alpha value is -1.24. The standard InChI is InChI=1S/C14H22F2N2O2/c1-10(17)14(18(7-8-19)9-13(15)16)11-5-3-4-6-12(11)20-2/h3-6,10,13-14,19H,7-9,17H2,1-2H3. The highest BCUT2D eigenvalue weighted by Gasteiger charge is 2.28. The first-order valence-electron chi connectivity index (χ1n) is 6.52. The van der Waals surface area contributed by atoms with E-state index in [9.17, 15) is 8.78 Å². The Labute approximate surface area is 118 Å². The minimum absolute atomic E-state index is 0.134. The molecule has 0 amide bonds. The Balaban J connectivity index is 3.13. The molecule has 114 valence electrons. The fourth-order valence-corrected chi connectivity index (χ4v) is 2.37. The highest BCUT2D eigenvalue weighted by Crippen LogP contribution is 2.31. The zero-order valence-electron chi connectivity index (χ0n) is 11.8. The van der Waals surface area contributed by atoms with Crippen LogP contribution in [0.2, 0.25) is 0 Å². The largest absolute Gasteiger partial charge is 0.496 e. The highest BCUT2D eigenvalue weighted by atomic mass is 19.3. The lowest BCUT2D eigenvalue weighted by molar-refractivity contribution is 0.0480. The topological polar surface area (TPSA) is 58.7 Å². The second-order valence-corrected chi connectivity index (χ2v) is 4.66. The second kappa shape index (κ2) is 8.14. The summed E-state index contributed by atoms with van der Waals surface area (Å²) in [5, 5.41) is 9.10. The number of hydrogen-bond donors (Lipinski definition) is 2. The number of halogens is 2. The number of hydrogen-bond acceptors (Lipinski definition) is 4. The molecule has 0 radical (unpaired) electrons. The molecule has 0 bridgehead atoms. The normalized spacial score (nSPS) is 14.6. The smallest absolute Gasteiger partial charge is 0.251 e. The van der Waals surface area contributed by atoms with Gasteiger partial charge in [0, 0.05) is 18.2 Å². The third kappa shape index (κ3) is 4.40. The fourth-order valence-electron chi connectivity index (χ4n) is 2.37. The molecule has 0 saturated heterocycles. The van der Waals surface area contributed by atoms with E-state index in [0.717, 1.165) is 5.56 Å². The maximum absolute atomic E-state index is 12.7. The number of nitrogens with zero attached hydrogens (tertiary/aromatic N) is 1. The Morgan fingerprint density at radius 2 is 2.00 bits per heavy atom. The van der Waals surface area contributed by atoms with Gasteiger partial charge in [-0.3, -0.25) is 4.90 Å². The summed E-state index contributed by atoms with van der Waals surface area (Å²) in [5.41, 5.74) is 6.72. The molecule has 1 aromatic rings. The summed E-state index contributed by atoms with van der Waals surface area (Å²) in [6.45, 7) is 1.25. The van der Waals surface area contributed by atoms with Gasteiger partial charge in [0.2, 0.25) is 0 Å². The van der Waals surface area contributed by atoms with Gasteiger partial charge in [-0.2, -0.15) is 0 Å². The summed E-state index contributed by atoms with van der Waals surface area (Å²) < 4.78 is 30.7. The molecule has 6 heteroatoms. The molecular weight excluding hydrogens is 266 g/mol. The Kier molecular flexibility index (Phi) is 6.84. The van der Waals surface area contributed by atoms with E-state index >= 15 is 0 Å². The van der Waals surface area contributed by atoms with Crippen LogP contribution < -0.4 is 10.5 Å². The number of alkyl halides is 2. The van der Waals surface area contributed by atoms with Crippen LogP contribution >= 0.6 is 0 Å². The van der Waals surface area contributed by atoms with Gasteiger partial charge in [-0.25, -0.2) is 8.78 Å². The van der Waals surface area contributed by atoms with Gasteiger partial charge in [0.05, 0.1) is 26.3 Å². The summed E-state index contributed by atoms with van der Waals surface area (Å²) in [5.74, 6) is 0.604. The van der Waals surface area contributed by atoms with E-state index in [-0.39, 0.29) is 19.2 Å². The van der Waals surface area contributed by atoms with Gasteiger partial charge in [0.1, 0.15) is 5.75 Å². The van der Waals surface area contributed by atoms with Crippen LogP contribution in [0.4, 0.5) is 8.78 Å². The quantitative estimate of drug-likeness (QED) is 0.763. The zero-order chi connectivity index (χ0) is 15.1. The molecule has 2 atom stereocenters. The molecule has 2 unspecified atom stereocenters. The number of nitrogens with two attached hydrogens (primary N) is 1. The van der Waals surface area contributed by atoms with Crippen molar-refractivity contribution in [2.45, 2.75) is 25.4 Å². The molecule has 0 spiro atoms. The Morgan fingerprint density at radius 1 is 1.35 bits per heavy atom. The number of rotatable bonds is 8. The van der Waals surface area contributed by atoms with Gasteiger partial charge in [-0.05, 0) is 13.0 Å². The Morgan fingerprint density at radius 3 is 2.50 bits per heavy atom. The van der Waals surface area contributed by atoms with Crippen molar-refractivity contribution in [3.05, 3.63) is 29.8 Å². The summed E-state index contributed by atoms with van der Waals surface area (Å²) in [6, 6.07) is 6.38. The number of para-hydroxylation sites is 1. The first-order valence-corrected chi connectivity index (χ1v) is 6.52. The number of benzene rings is 1. The molecule has 0 heterocycles. The van der Waals surface area contributed by atoms with Crippen LogP contribution in [0.3, 0.4) is 0 Å². The van der Waals surface area contributed by atoms with Crippen LogP contribution in [0.25, 0.3) is 0 Å². The number of aliphatic hydroxyl groups is 1. The zero-order valence-corrected chi connectivity index (χ0v) is 11.8. The lowest BCUT2D eigenvalue weighted by Gasteiger charge is -2.34. The first kappa shape index (κ1) is 16.8. The van der Waals surface area contributed by atoms with Crippen molar-refractivity contribution in [2.24, 2.45) is 5.73 Å². The van der Waals surface area contributed by atoms with E-state index in [1.54, 1.807) is 13.0 Å². The van der Waals surface area contributed by atoms with E-state index < -0.39 is 19.0 Å². The summed E-state index contributed by atoms with van der Waals surface area (Å²) in [6.07, 6.45) is -2.49. The number of methoxy groups -OCH3 is 1. The molecule has 0 aliphatic carbocycles. The van der Waals surface area contributed by atoms with Crippen molar-refractivity contribution in [3.8, 4) is 5.75 Å². The van der Waals surface area contributed by atoms with Crippen LogP contribution in [0, 0.1) is 0 Å². The average molecular weight is 288 g/mol. The van der Waals surface area contributed by atoms with E-state index in [0.29, 0.717) is 5.75 Å². The summed E-state index contributed by atoms with van der Waals surface area (Å²) >= 11 is 0. The first-order chi connectivity index (χ1) is 9.51. The number of ether oxygens (including phenoxy) is 1. The lowest BCUT2D eigenvalue weighted by Crippen LogP contribution is -2.43. The lowest BCUT2D eigenvalue weighted by atomic mass is 9.98. The van der Waals surface area contributed by atoms with Crippen LogP contribution in [-0.4, -0.2) is 49.3 Å². The molecule has 4 nitrogen and oxygen atoms in total. The van der Waals surface area contributed by atoms with Crippen molar-refractivity contribution < 1.29 is 18.6 Å². The summed E-state index contributed by atoms with van der Waals surface area (Å²) in [4.78, 5) is 1.49. The molecule has 1 rings (SSSR count). The maximum atomic E-state index is 12.7. The van der Waals surface area contributed by atoms with Gasteiger partial charge < -0.3 is 15.6 Å². The second-order valence-electron chi connectivity index (χ2n) is 4.66. The molecule has 1 aromatic carbocycles. The van der Waals surface area contributed by atoms with Gasteiger partial charge in [-0.15, -0.1) is 0 Å². The Bertz CT molecular complexity index is 403. The average Bonchev–Trinajstić information content (AvgIpc) is 2.38. The van der Waals surface area contributed by atoms with Crippen molar-refractivity contribution >= 4 is 0 Å². The monoisotopic (exact) mass is 288 g/mol.